The van der Waals surface area contributed by atoms with Crippen molar-refractivity contribution in [3.63, 3.8) is 0 Å². The summed E-state index contributed by atoms with van der Waals surface area (Å²) in [6.07, 6.45) is 2.89. The van der Waals surface area contributed by atoms with Crippen molar-refractivity contribution in [2.45, 2.75) is 45.6 Å². The lowest BCUT2D eigenvalue weighted by Crippen LogP contribution is -2.47. The molecule has 3 aromatic carbocycles. The Labute approximate surface area is 225 Å². The lowest BCUT2D eigenvalue weighted by atomic mass is 9.67. The molecule has 1 aliphatic carbocycles. The molecular weight excluding hydrogens is 498 g/mol. The number of carbonyl (C=O) groups is 4. The lowest BCUT2D eigenvalue weighted by molar-refractivity contribution is -0.140. The number of benzene rings is 3. The number of aryl methyl sites for hydroxylation is 1. The Bertz CT molecular complexity index is 1600. The van der Waals surface area contributed by atoms with E-state index in [4.69, 9.17) is 9.47 Å². The zero-order valence-corrected chi connectivity index (χ0v) is 22.2. The zero-order valence-electron chi connectivity index (χ0n) is 22.2. The Morgan fingerprint density at radius 3 is 2.59 bits per heavy atom. The van der Waals surface area contributed by atoms with Crippen LogP contribution in [-0.4, -0.2) is 35.5 Å². The summed E-state index contributed by atoms with van der Waals surface area (Å²) in [6, 6.07) is 13.3. The molecule has 1 heterocycles. The predicted molar refractivity (Wildman–Crippen MR) is 144 cm³/mol. The second-order valence-electron chi connectivity index (χ2n) is 10.1. The molecule has 0 radical (unpaired) electrons. The van der Waals surface area contributed by atoms with Crippen molar-refractivity contribution in [3.05, 3.63) is 76.6 Å². The molecule has 2 N–H and O–H groups in total. The van der Waals surface area contributed by atoms with Gasteiger partial charge >= 0.3 is 0 Å². The highest BCUT2D eigenvalue weighted by atomic mass is 16.5. The highest BCUT2D eigenvalue weighted by Crippen LogP contribution is 2.56. The molecule has 1 unspecified atom stereocenters. The van der Waals surface area contributed by atoms with Crippen LogP contribution < -0.4 is 14.8 Å². The molecule has 1 amide bonds. The average Bonchev–Trinajstić information content (AvgIpc) is 3.21. The number of hydrogen-bond donors (Lipinski definition) is 2. The number of Topliss-reactive ketones (excluding diaryl/α,β-unsaturated/α-hetero) is 2. The Hall–Kier alpha value is -4.46. The first-order valence-corrected chi connectivity index (χ1v) is 12.8. The summed E-state index contributed by atoms with van der Waals surface area (Å²) in [5, 5.41) is 16.0. The van der Waals surface area contributed by atoms with Crippen molar-refractivity contribution < 1.29 is 33.8 Å². The number of methoxy groups -OCH3 is 1. The van der Waals surface area contributed by atoms with Gasteiger partial charge in [-0.1, -0.05) is 49.7 Å². The van der Waals surface area contributed by atoms with E-state index in [-0.39, 0.29) is 40.7 Å². The molecule has 0 bridgehead atoms. The number of phenolic OH excluding ortho intramolecular Hbond substituents is 1. The Kier molecular flexibility index (Phi) is 6.50. The molecule has 8 heteroatoms. The molecular formula is C31H29NO7. The topological polar surface area (TPSA) is 119 Å². The van der Waals surface area contributed by atoms with Crippen molar-refractivity contribution >= 4 is 34.0 Å². The number of aromatic hydroxyl groups is 1. The smallest absolute Gasteiger partial charge is 0.259 e. The number of fused-ring (bicyclic) bond motifs is 4. The molecule has 0 saturated heterocycles. The number of allylic oxidation sites excluding steroid dienone is 2. The van der Waals surface area contributed by atoms with E-state index in [0.717, 1.165) is 40.8 Å². The summed E-state index contributed by atoms with van der Waals surface area (Å²) in [6.45, 7) is 4.97. The Balaban J connectivity index is 1.58. The van der Waals surface area contributed by atoms with E-state index in [1.807, 2.05) is 24.3 Å². The van der Waals surface area contributed by atoms with Crippen molar-refractivity contribution in [2.24, 2.45) is 5.92 Å². The van der Waals surface area contributed by atoms with E-state index in [9.17, 15) is 24.3 Å². The van der Waals surface area contributed by atoms with Gasteiger partial charge in [0, 0.05) is 18.7 Å². The van der Waals surface area contributed by atoms with Crippen LogP contribution in [0.5, 0.6) is 17.2 Å². The summed E-state index contributed by atoms with van der Waals surface area (Å²) < 4.78 is 11.4. The standard InChI is InChI=1S/C31H29NO7/c1-5-8-17-11-12-18-9-6-7-10-19(18)20(17)15-32-30(37)26-23(38-4)13-22(35)27-28(26)39-24-14-21(34)25(16(2)33)29(36)31(24,27)3/h6-7,9-14,25,35H,5,8,15H2,1-4H3,(H,32,37)/t25?,31-/m1/s1. The van der Waals surface area contributed by atoms with Gasteiger partial charge in [0.25, 0.3) is 5.91 Å². The summed E-state index contributed by atoms with van der Waals surface area (Å²) in [5.41, 5.74) is 0.513. The van der Waals surface area contributed by atoms with Gasteiger partial charge in [0.05, 0.1) is 12.7 Å². The van der Waals surface area contributed by atoms with Crippen molar-refractivity contribution in [3.8, 4) is 17.2 Å². The summed E-state index contributed by atoms with van der Waals surface area (Å²) in [5.74, 6) is -4.45. The first-order valence-electron chi connectivity index (χ1n) is 12.8. The monoisotopic (exact) mass is 527 g/mol. The van der Waals surface area contributed by atoms with E-state index in [1.165, 1.54) is 27.0 Å². The largest absolute Gasteiger partial charge is 0.507 e. The maximum atomic E-state index is 13.7. The van der Waals surface area contributed by atoms with Gasteiger partial charge in [-0.05, 0) is 42.2 Å². The Morgan fingerprint density at radius 2 is 1.90 bits per heavy atom. The van der Waals surface area contributed by atoms with Gasteiger partial charge in [0.1, 0.15) is 39.9 Å². The highest BCUT2D eigenvalue weighted by molar-refractivity contribution is 6.27. The second kappa shape index (κ2) is 9.69. The van der Waals surface area contributed by atoms with Crippen LogP contribution in [-0.2, 0) is 32.8 Å². The van der Waals surface area contributed by atoms with Crippen LogP contribution in [0.25, 0.3) is 10.8 Å². The molecule has 0 spiro atoms. The van der Waals surface area contributed by atoms with Crippen LogP contribution >= 0.6 is 0 Å². The molecule has 8 nitrogen and oxygen atoms in total. The van der Waals surface area contributed by atoms with E-state index < -0.39 is 34.6 Å². The quantitative estimate of drug-likeness (QED) is 0.439. The SMILES string of the molecule is CCCc1ccc2ccccc2c1CNC(=O)c1c(OC)cc(O)c2c1OC1=CC(=O)C(C(C)=O)C(=O)[C@]12C. The van der Waals surface area contributed by atoms with Gasteiger partial charge in [-0.3, -0.25) is 19.2 Å². The number of ketones is 3. The number of rotatable bonds is 7. The van der Waals surface area contributed by atoms with Crippen molar-refractivity contribution in [2.75, 3.05) is 7.11 Å². The average molecular weight is 528 g/mol. The minimum atomic E-state index is -1.62. The summed E-state index contributed by atoms with van der Waals surface area (Å²) in [4.78, 5) is 51.9. The molecule has 39 heavy (non-hydrogen) atoms. The first kappa shape index (κ1) is 26.2. The van der Waals surface area contributed by atoms with E-state index in [2.05, 4.69) is 24.4 Å². The first-order chi connectivity index (χ1) is 18.6. The molecule has 0 fully saturated rings. The predicted octanol–water partition coefficient (Wildman–Crippen LogP) is 4.33. The van der Waals surface area contributed by atoms with Crippen LogP contribution in [0.2, 0.25) is 0 Å². The van der Waals surface area contributed by atoms with Crippen LogP contribution in [0, 0.1) is 5.92 Å². The number of nitrogens with one attached hydrogen (secondary N) is 1. The van der Waals surface area contributed by atoms with Gasteiger partial charge in [-0.15, -0.1) is 0 Å². The number of hydrogen-bond acceptors (Lipinski definition) is 7. The molecule has 3 aromatic rings. The number of amides is 1. The maximum absolute atomic E-state index is 13.7. The number of phenols is 1. The van der Waals surface area contributed by atoms with E-state index >= 15 is 0 Å². The van der Waals surface area contributed by atoms with Crippen LogP contribution in [0.15, 0.2) is 54.3 Å². The van der Waals surface area contributed by atoms with Crippen LogP contribution in [0.1, 0.15) is 54.2 Å². The fourth-order valence-electron chi connectivity index (χ4n) is 5.70. The molecule has 1 aliphatic heterocycles. The Morgan fingerprint density at radius 1 is 1.15 bits per heavy atom. The third kappa shape index (κ3) is 3.98. The van der Waals surface area contributed by atoms with Gasteiger partial charge in [0.15, 0.2) is 17.3 Å². The molecule has 5 rings (SSSR count). The third-order valence-corrected chi connectivity index (χ3v) is 7.68. The number of carbonyl (C=O) groups excluding carboxylic acids is 4. The fraction of sp³-hybridized carbons (Fsp3) is 0.290. The third-order valence-electron chi connectivity index (χ3n) is 7.68. The molecule has 200 valence electrons. The van der Waals surface area contributed by atoms with E-state index in [1.54, 1.807) is 0 Å². The van der Waals surface area contributed by atoms with E-state index in [0.29, 0.717) is 0 Å². The second-order valence-corrected chi connectivity index (χ2v) is 10.1. The van der Waals surface area contributed by atoms with Gasteiger partial charge < -0.3 is 19.9 Å². The summed E-state index contributed by atoms with van der Waals surface area (Å²) in [7, 11) is 1.35. The summed E-state index contributed by atoms with van der Waals surface area (Å²) >= 11 is 0. The lowest BCUT2D eigenvalue weighted by Gasteiger charge is -2.30. The zero-order chi connectivity index (χ0) is 28.1. The maximum Gasteiger partial charge on any atom is 0.259 e. The van der Waals surface area contributed by atoms with Gasteiger partial charge in [0.2, 0.25) is 0 Å². The van der Waals surface area contributed by atoms with Gasteiger partial charge in [-0.25, -0.2) is 0 Å². The molecule has 0 aromatic heterocycles. The highest BCUT2D eigenvalue weighted by Gasteiger charge is 2.58. The molecule has 0 saturated carbocycles. The molecule has 2 atom stereocenters. The normalized spacial score (nSPS) is 19.7. The van der Waals surface area contributed by atoms with Crippen LogP contribution in [0.4, 0.5) is 0 Å². The minimum Gasteiger partial charge on any atom is -0.507 e. The minimum absolute atomic E-state index is 0.0151. The van der Waals surface area contributed by atoms with Crippen molar-refractivity contribution in [1.29, 1.82) is 0 Å². The van der Waals surface area contributed by atoms with Crippen LogP contribution in [0.3, 0.4) is 0 Å². The molecule has 2 aliphatic rings. The van der Waals surface area contributed by atoms with Crippen molar-refractivity contribution in [1.82, 2.24) is 5.32 Å². The number of ether oxygens (including phenoxy) is 2. The fourth-order valence-corrected chi connectivity index (χ4v) is 5.70. The van der Waals surface area contributed by atoms with Gasteiger partial charge in [-0.2, -0.15) is 0 Å².